The summed E-state index contributed by atoms with van der Waals surface area (Å²) in [5.74, 6) is -1.03. The number of ether oxygens (including phenoxy) is 1. The predicted molar refractivity (Wildman–Crippen MR) is 150 cm³/mol. The van der Waals surface area contributed by atoms with Crippen LogP contribution in [0.5, 0.6) is 0 Å². The van der Waals surface area contributed by atoms with E-state index >= 15 is 0 Å². The van der Waals surface area contributed by atoms with Gasteiger partial charge in [0, 0.05) is 28.9 Å². The molecule has 0 atom stereocenters. The molecular weight excluding hydrogens is 536 g/mol. The molecule has 0 spiro atoms. The van der Waals surface area contributed by atoms with Gasteiger partial charge in [0.25, 0.3) is 11.8 Å². The number of amides is 3. The number of benzene rings is 2. The van der Waals surface area contributed by atoms with Crippen molar-refractivity contribution in [3.05, 3.63) is 80.8 Å². The Morgan fingerprint density at radius 1 is 1.10 bits per heavy atom. The van der Waals surface area contributed by atoms with Crippen LogP contribution in [0.2, 0.25) is 5.02 Å². The summed E-state index contributed by atoms with van der Waals surface area (Å²) in [6.45, 7) is 5.82. The van der Waals surface area contributed by atoms with Crippen LogP contribution in [0.25, 0.3) is 21.9 Å². The number of H-pyrrole nitrogens is 1. The Balaban J connectivity index is 1.61. The summed E-state index contributed by atoms with van der Waals surface area (Å²) in [7, 11) is 0. The lowest BCUT2D eigenvalue weighted by atomic mass is 10.1. The summed E-state index contributed by atoms with van der Waals surface area (Å²) in [4.78, 5) is 58.9. The highest BCUT2D eigenvalue weighted by atomic mass is 35.5. The largest absolute Gasteiger partial charge is 0.459 e. The molecule has 10 nitrogen and oxygen atoms in total. The van der Waals surface area contributed by atoms with E-state index in [1.165, 1.54) is 18.2 Å². The standard InChI is InChI=1S/C29H29ClN4O6/c1-29(2,3)40-28(38)32-34(16-19-14-17-8-4-5-9-22(17)39-19)26(36)23-24(27(37)33-12-6-7-13-33)31-21-15-18(30)10-11-20(21)25(23)35/h4-5,8-11,14-15H,6-7,12-13,16H2,1-3H3,(H,31,35)(H,32,38). The van der Waals surface area contributed by atoms with Gasteiger partial charge in [0.15, 0.2) is 0 Å². The fourth-order valence-corrected chi connectivity index (χ4v) is 4.86. The summed E-state index contributed by atoms with van der Waals surface area (Å²) in [5, 5.41) is 2.26. The molecule has 0 radical (unpaired) electrons. The number of fused-ring (bicyclic) bond motifs is 2. The van der Waals surface area contributed by atoms with Gasteiger partial charge in [-0.25, -0.2) is 15.2 Å². The van der Waals surface area contributed by atoms with Gasteiger partial charge in [-0.05, 0) is 63.9 Å². The highest BCUT2D eigenvalue weighted by molar-refractivity contribution is 6.31. The van der Waals surface area contributed by atoms with Crippen LogP contribution < -0.4 is 10.9 Å². The van der Waals surface area contributed by atoms with E-state index < -0.39 is 34.5 Å². The lowest BCUT2D eigenvalue weighted by Gasteiger charge is -2.26. The zero-order chi connectivity index (χ0) is 28.6. The average molecular weight is 565 g/mol. The molecule has 3 amide bonds. The number of carbonyl (C=O) groups is 3. The number of rotatable bonds is 4. The maximum atomic E-state index is 14.1. The molecule has 5 rings (SSSR count). The van der Waals surface area contributed by atoms with Gasteiger partial charge in [-0.2, -0.15) is 0 Å². The molecule has 4 aromatic rings. The molecule has 208 valence electrons. The number of hydrogen-bond donors (Lipinski definition) is 2. The van der Waals surface area contributed by atoms with Crippen LogP contribution in [-0.2, 0) is 11.3 Å². The first-order chi connectivity index (χ1) is 19.0. The third-order valence-corrected chi connectivity index (χ3v) is 6.68. The minimum atomic E-state index is -0.909. The Bertz CT molecular complexity index is 1650. The molecule has 0 unspecified atom stereocenters. The summed E-state index contributed by atoms with van der Waals surface area (Å²) in [6, 6.07) is 13.6. The van der Waals surface area contributed by atoms with Gasteiger partial charge in [-0.15, -0.1) is 0 Å². The zero-order valence-corrected chi connectivity index (χ0v) is 23.1. The van der Waals surface area contributed by atoms with Crippen LogP contribution in [0.3, 0.4) is 0 Å². The molecule has 40 heavy (non-hydrogen) atoms. The van der Waals surface area contributed by atoms with Crippen LogP contribution in [0.4, 0.5) is 4.79 Å². The van der Waals surface area contributed by atoms with Crippen molar-refractivity contribution in [2.24, 2.45) is 0 Å². The lowest BCUT2D eigenvalue weighted by Crippen LogP contribution is -2.49. The van der Waals surface area contributed by atoms with E-state index in [9.17, 15) is 19.2 Å². The number of pyridine rings is 1. The Kier molecular flexibility index (Phi) is 7.29. The molecule has 1 aliphatic rings. The minimum absolute atomic E-state index is 0.173. The third kappa shape index (κ3) is 5.67. The molecule has 0 bridgehead atoms. The van der Waals surface area contributed by atoms with Crippen molar-refractivity contribution < 1.29 is 23.5 Å². The number of likely N-dealkylation sites (tertiary alicyclic amines) is 1. The summed E-state index contributed by atoms with van der Waals surface area (Å²) >= 11 is 6.15. The first-order valence-electron chi connectivity index (χ1n) is 12.9. The van der Waals surface area contributed by atoms with Crippen molar-refractivity contribution in [3.8, 4) is 0 Å². The van der Waals surface area contributed by atoms with Crippen LogP contribution in [0, 0.1) is 0 Å². The fourth-order valence-electron chi connectivity index (χ4n) is 4.68. The van der Waals surface area contributed by atoms with Gasteiger partial charge in [-0.1, -0.05) is 29.8 Å². The van der Waals surface area contributed by atoms with Gasteiger partial charge < -0.3 is 19.0 Å². The summed E-state index contributed by atoms with van der Waals surface area (Å²) in [5.41, 5.74) is 1.26. The van der Waals surface area contributed by atoms with Crippen molar-refractivity contribution >= 4 is 51.4 Å². The van der Waals surface area contributed by atoms with Crippen molar-refractivity contribution in [2.45, 2.75) is 45.8 Å². The number of halogens is 1. The van der Waals surface area contributed by atoms with E-state index in [1.807, 2.05) is 18.2 Å². The normalized spacial score (nSPS) is 13.6. The first-order valence-corrected chi connectivity index (χ1v) is 13.3. The zero-order valence-electron chi connectivity index (χ0n) is 22.4. The highest BCUT2D eigenvalue weighted by Gasteiger charge is 2.32. The van der Waals surface area contributed by atoms with Crippen LogP contribution >= 0.6 is 11.6 Å². The van der Waals surface area contributed by atoms with Gasteiger partial charge in [0.2, 0.25) is 5.43 Å². The second kappa shape index (κ2) is 10.7. The van der Waals surface area contributed by atoms with E-state index in [0.29, 0.717) is 35.0 Å². The van der Waals surface area contributed by atoms with E-state index in [2.05, 4.69) is 10.4 Å². The van der Waals surface area contributed by atoms with Crippen molar-refractivity contribution in [3.63, 3.8) is 0 Å². The first kappa shape index (κ1) is 27.3. The van der Waals surface area contributed by atoms with Crippen molar-refractivity contribution in [1.29, 1.82) is 0 Å². The summed E-state index contributed by atoms with van der Waals surface area (Å²) in [6.07, 6.45) is 0.724. The van der Waals surface area contributed by atoms with E-state index in [1.54, 1.807) is 37.8 Å². The topological polar surface area (TPSA) is 125 Å². The average Bonchev–Trinajstić information content (AvgIpc) is 3.56. The summed E-state index contributed by atoms with van der Waals surface area (Å²) < 4.78 is 11.3. The molecule has 1 fully saturated rings. The molecule has 2 N–H and O–H groups in total. The number of aromatic amines is 1. The molecule has 2 aromatic heterocycles. The SMILES string of the molecule is CC(C)(C)OC(=O)NN(Cc1cc2ccccc2o1)C(=O)c1c(C(=O)N2CCCC2)[nH]c2cc(Cl)ccc2c1=O. The second-order valence-electron chi connectivity index (χ2n) is 10.6. The van der Waals surface area contributed by atoms with Crippen LogP contribution in [0.1, 0.15) is 60.2 Å². The maximum Gasteiger partial charge on any atom is 0.426 e. The Morgan fingerprint density at radius 3 is 2.52 bits per heavy atom. The van der Waals surface area contributed by atoms with E-state index in [-0.39, 0.29) is 17.6 Å². The van der Waals surface area contributed by atoms with E-state index in [0.717, 1.165) is 23.2 Å². The number of nitrogens with one attached hydrogen (secondary N) is 2. The number of furan rings is 1. The lowest BCUT2D eigenvalue weighted by molar-refractivity contribution is 0.0271. The number of hydrazine groups is 1. The van der Waals surface area contributed by atoms with Gasteiger partial charge in [0.05, 0.1) is 5.52 Å². The quantitative estimate of drug-likeness (QED) is 0.326. The van der Waals surface area contributed by atoms with Crippen LogP contribution in [-0.4, -0.2) is 51.5 Å². The van der Waals surface area contributed by atoms with Crippen LogP contribution in [0.15, 0.2) is 57.7 Å². The fraction of sp³-hybridized carbons (Fsp3) is 0.310. The molecule has 0 saturated carbocycles. The predicted octanol–water partition coefficient (Wildman–Crippen LogP) is 5.25. The maximum absolute atomic E-state index is 14.1. The number of nitrogens with zero attached hydrogens (tertiary/aromatic N) is 2. The number of para-hydroxylation sites is 1. The van der Waals surface area contributed by atoms with Gasteiger partial charge >= 0.3 is 6.09 Å². The third-order valence-electron chi connectivity index (χ3n) is 6.44. The smallest absolute Gasteiger partial charge is 0.426 e. The van der Waals surface area contributed by atoms with Gasteiger partial charge in [0.1, 0.15) is 34.7 Å². The number of aromatic nitrogens is 1. The molecule has 3 heterocycles. The molecule has 1 aliphatic heterocycles. The molecule has 2 aromatic carbocycles. The Hall–Kier alpha value is -4.31. The Labute approximate surface area is 234 Å². The second-order valence-corrected chi connectivity index (χ2v) is 11.1. The molecule has 11 heteroatoms. The monoisotopic (exact) mass is 564 g/mol. The number of carbonyl (C=O) groups excluding carboxylic acids is 3. The molecule has 0 aliphatic carbocycles. The Morgan fingerprint density at radius 2 is 1.82 bits per heavy atom. The van der Waals surface area contributed by atoms with Crippen molar-refractivity contribution in [2.75, 3.05) is 13.1 Å². The highest BCUT2D eigenvalue weighted by Crippen LogP contribution is 2.23. The number of hydrogen-bond acceptors (Lipinski definition) is 6. The molecular formula is C29H29ClN4O6. The van der Waals surface area contributed by atoms with Gasteiger partial charge in [-0.3, -0.25) is 14.4 Å². The minimum Gasteiger partial charge on any atom is -0.459 e. The van der Waals surface area contributed by atoms with Crippen molar-refractivity contribution in [1.82, 2.24) is 20.3 Å². The van der Waals surface area contributed by atoms with E-state index in [4.69, 9.17) is 20.8 Å². The molecule has 1 saturated heterocycles.